The van der Waals surface area contributed by atoms with Crippen molar-refractivity contribution in [2.45, 2.75) is 12.8 Å². The predicted octanol–water partition coefficient (Wildman–Crippen LogP) is 0.609. The highest BCUT2D eigenvalue weighted by Crippen LogP contribution is 2.49. The maximum Gasteiger partial charge on any atom is 0.338 e. The number of hydrogen-bond donors (Lipinski definition) is 0. The molecule has 0 aromatic rings. The molecule has 0 N–H and O–H groups in total. The van der Waals surface area contributed by atoms with Crippen molar-refractivity contribution in [1.82, 2.24) is 0 Å². The number of esters is 2. The molecule has 0 unspecified atom stereocenters. The standard InChI is InChI=1S/C16H16O6/c1-21-15(19)9-4-3-8-10-5-7(6-11(10)17)12(14(8)18)13(9)16(20)22-2/h3-4,7-8,10,12H,5-6H2,1-2H3/t7-,8-,10+,12+/m1/s1. The number of allylic oxidation sites excluding steroid dienone is 1. The summed E-state index contributed by atoms with van der Waals surface area (Å²) in [5.74, 6) is -3.44. The Labute approximate surface area is 127 Å². The minimum atomic E-state index is -0.774. The van der Waals surface area contributed by atoms with Crippen molar-refractivity contribution in [3.8, 4) is 0 Å². The Balaban J connectivity index is 2.19. The van der Waals surface area contributed by atoms with Gasteiger partial charge in [0.1, 0.15) is 11.6 Å². The first-order valence-corrected chi connectivity index (χ1v) is 7.15. The summed E-state index contributed by atoms with van der Waals surface area (Å²) in [6.45, 7) is 0. The fourth-order valence-electron chi connectivity index (χ4n) is 3.89. The molecule has 0 aliphatic heterocycles. The van der Waals surface area contributed by atoms with E-state index < -0.39 is 23.8 Å². The van der Waals surface area contributed by atoms with Gasteiger partial charge in [-0.25, -0.2) is 9.59 Å². The van der Waals surface area contributed by atoms with Crippen LogP contribution in [0.1, 0.15) is 12.8 Å². The van der Waals surface area contributed by atoms with Gasteiger partial charge in [0.05, 0.1) is 31.3 Å². The van der Waals surface area contributed by atoms with Crippen molar-refractivity contribution in [3.05, 3.63) is 23.3 Å². The molecule has 2 saturated carbocycles. The van der Waals surface area contributed by atoms with Crippen LogP contribution in [0.15, 0.2) is 23.3 Å². The molecule has 3 rings (SSSR count). The Morgan fingerprint density at radius 1 is 1.14 bits per heavy atom. The lowest BCUT2D eigenvalue weighted by Gasteiger charge is -2.31. The fourth-order valence-corrected chi connectivity index (χ4v) is 3.89. The Morgan fingerprint density at radius 2 is 1.82 bits per heavy atom. The molecular weight excluding hydrogens is 288 g/mol. The van der Waals surface area contributed by atoms with Crippen molar-refractivity contribution in [2.75, 3.05) is 14.2 Å². The van der Waals surface area contributed by atoms with Crippen LogP contribution in [-0.2, 0) is 28.7 Å². The highest BCUT2D eigenvalue weighted by molar-refractivity contribution is 6.10. The molecule has 0 amide bonds. The number of Topliss-reactive ketones (excluding diaryl/α,β-unsaturated/α-hetero) is 2. The smallest absolute Gasteiger partial charge is 0.338 e. The maximum atomic E-state index is 12.7. The largest absolute Gasteiger partial charge is 0.466 e. The Hall–Kier alpha value is -2.24. The van der Waals surface area contributed by atoms with E-state index in [2.05, 4.69) is 0 Å². The third-order valence-corrected chi connectivity index (χ3v) is 4.86. The number of carbonyl (C=O) groups excluding carboxylic acids is 4. The molecule has 0 heterocycles. The van der Waals surface area contributed by atoms with Crippen LogP contribution in [0.5, 0.6) is 0 Å². The lowest BCUT2D eigenvalue weighted by molar-refractivity contribution is -0.141. The summed E-state index contributed by atoms with van der Waals surface area (Å²) >= 11 is 0. The zero-order valence-electron chi connectivity index (χ0n) is 12.3. The van der Waals surface area contributed by atoms with Crippen LogP contribution in [0.25, 0.3) is 0 Å². The predicted molar refractivity (Wildman–Crippen MR) is 73.4 cm³/mol. The number of ether oxygens (including phenoxy) is 2. The second kappa shape index (κ2) is 5.19. The van der Waals surface area contributed by atoms with Gasteiger partial charge in [0.2, 0.25) is 0 Å². The van der Waals surface area contributed by atoms with Crippen molar-refractivity contribution in [2.24, 2.45) is 23.7 Å². The molecule has 3 aliphatic carbocycles. The van der Waals surface area contributed by atoms with E-state index in [-0.39, 0.29) is 41.0 Å². The number of ketones is 2. The van der Waals surface area contributed by atoms with Gasteiger partial charge in [-0.05, 0) is 12.3 Å². The van der Waals surface area contributed by atoms with E-state index in [9.17, 15) is 19.2 Å². The van der Waals surface area contributed by atoms with E-state index >= 15 is 0 Å². The second-order valence-corrected chi connectivity index (χ2v) is 5.85. The summed E-state index contributed by atoms with van der Waals surface area (Å²) in [7, 11) is 2.42. The molecule has 0 aromatic heterocycles. The molecule has 0 saturated heterocycles. The van der Waals surface area contributed by atoms with E-state index in [1.54, 1.807) is 6.08 Å². The molecule has 6 heteroatoms. The summed E-state index contributed by atoms with van der Waals surface area (Å²) in [5, 5.41) is 0. The van der Waals surface area contributed by atoms with E-state index in [0.717, 1.165) is 0 Å². The topological polar surface area (TPSA) is 86.7 Å². The zero-order chi connectivity index (χ0) is 16.0. The lowest BCUT2D eigenvalue weighted by atomic mass is 9.70. The van der Waals surface area contributed by atoms with Crippen LogP contribution in [0.4, 0.5) is 0 Å². The molecule has 116 valence electrons. The number of fused-ring (bicyclic) bond motifs is 6. The van der Waals surface area contributed by atoms with Crippen LogP contribution < -0.4 is 0 Å². The SMILES string of the molecule is COC(=O)C1=C(C(=O)OC)[C@H]2C(=O)[C@H](C=C1)[C@@H]1C[C@@H]2CC1=O. The lowest BCUT2D eigenvalue weighted by Crippen LogP contribution is -2.38. The molecule has 6 nitrogen and oxygen atoms in total. The van der Waals surface area contributed by atoms with Crippen molar-refractivity contribution in [1.29, 1.82) is 0 Å². The van der Waals surface area contributed by atoms with Gasteiger partial charge < -0.3 is 9.47 Å². The molecule has 4 atom stereocenters. The van der Waals surface area contributed by atoms with Gasteiger partial charge >= 0.3 is 11.9 Å². The number of methoxy groups -OCH3 is 2. The monoisotopic (exact) mass is 304 g/mol. The van der Waals surface area contributed by atoms with Gasteiger partial charge in [-0.15, -0.1) is 0 Å². The molecule has 0 spiro atoms. The Morgan fingerprint density at radius 3 is 2.45 bits per heavy atom. The summed E-state index contributed by atoms with van der Waals surface area (Å²) in [6.07, 6.45) is 3.82. The molecular formula is C16H16O6. The van der Waals surface area contributed by atoms with Crippen molar-refractivity contribution >= 4 is 23.5 Å². The molecule has 4 bridgehead atoms. The average Bonchev–Trinajstić information content (AvgIpc) is 2.80. The highest BCUT2D eigenvalue weighted by atomic mass is 16.5. The van der Waals surface area contributed by atoms with Crippen LogP contribution in [-0.4, -0.2) is 37.7 Å². The number of carbonyl (C=O) groups is 4. The van der Waals surface area contributed by atoms with Crippen LogP contribution in [0, 0.1) is 23.7 Å². The third kappa shape index (κ3) is 1.94. The molecule has 0 aromatic carbocycles. The highest BCUT2D eigenvalue weighted by Gasteiger charge is 2.54. The first-order valence-electron chi connectivity index (χ1n) is 7.15. The van der Waals surface area contributed by atoms with Crippen LogP contribution >= 0.6 is 0 Å². The summed E-state index contributed by atoms with van der Waals surface area (Å²) in [4.78, 5) is 49.0. The van der Waals surface area contributed by atoms with E-state index in [4.69, 9.17) is 9.47 Å². The van der Waals surface area contributed by atoms with Gasteiger partial charge in [0.25, 0.3) is 0 Å². The quantitative estimate of drug-likeness (QED) is 0.695. The minimum absolute atomic E-state index is 0.0243. The summed E-state index contributed by atoms with van der Waals surface area (Å²) in [6, 6.07) is 0. The first-order chi connectivity index (χ1) is 10.5. The van der Waals surface area contributed by atoms with Gasteiger partial charge in [0, 0.05) is 18.3 Å². The Kier molecular flexibility index (Phi) is 3.47. The van der Waals surface area contributed by atoms with Crippen molar-refractivity contribution < 1.29 is 28.7 Å². The summed E-state index contributed by atoms with van der Waals surface area (Å²) < 4.78 is 9.49. The number of hydrogen-bond acceptors (Lipinski definition) is 6. The molecule has 0 radical (unpaired) electrons. The van der Waals surface area contributed by atoms with Gasteiger partial charge in [-0.2, -0.15) is 0 Å². The fraction of sp³-hybridized carbons (Fsp3) is 0.500. The van der Waals surface area contributed by atoms with Gasteiger partial charge in [-0.3, -0.25) is 9.59 Å². The van der Waals surface area contributed by atoms with E-state index in [1.165, 1.54) is 20.3 Å². The number of rotatable bonds is 2. The Bertz CT molecular complexity index is 641. The van der Waals surface area contributed by atoms with E-state index in [1.807, 2.05) is 0 Å². The average molecular weight is 304 g/mol. The van der Waals surface area contributed by atoms with Gasteiger partial charge in [0.15, 0.2) is 0 Å². The van der Waals surface area contributed by atoms with Crippen LogP contribution in [0.2, 0.25) is 0 Å². The first kappa shape index (κ1) is 14.7. The maximum absolute atomic E-state index is 12.7. The molecule has 22 heavy (non-hydrogen) atoms. The van der Waals surface area contributed by atoms with Gasteiger partial charge in [-0.1, -0.05) is 12.2 Å². The summed E-state index contributed by atoms with van der Waals surface area (Å²) in [5.41, 5.74) is 0.0754. The molecule has 3 aliphatic rings. The molecule has 2 fully saturated rings. The van der Waals surface area contributed by atoms with Crippen molar-refractivity contribution in [3.63, 3.8) is 0 Å². The van der Waals surface area contributed by atoms with E-state index in [0.29, 0.717) is 6.42 Å². The zero-order valence-corrected chi connectivity index (χ0v) is 12.3. The second-order valence-electron chi connectivity index (χ2n) is 5.85. The minimum Gasteiger partial charge on any atom is -0.466 e. The third-order valence-electron chi connectivity index (χ3n) is 4.86. The normalized spacial score (nSPS) is 32.8. The van der Waals surface area contributed by atoms with Crippen LogP contribution in [0.3, 0.4) is 0 Å².